The Balaban J connectivity index is -0.000000107. The maximum absolute atomic E-state index is 9.25. The van der Waals surface area contributed by atoms with Gasteiger partial charge < -0.3 is 10.2 Å². The summed E-state index contributed by atoms with van der Waals surface area (Å²) < 4.78 is 0. The number of rotatable bonds is 2. The van der Waals surface area contributed by atoms with Crippen molar-refractivity contribution >= 4 is 60.8 Å². The molecule has 0 aromatic carbocycles. The Morgan fingerprint density at radius 2 is 1.09 bits per heavy atom. The predicted molar refractivity (Wildman–Crippen MR) is 41.4 cm³/mol. The number of hydrogen-bond donors (Lipinski definition) is 2. The molecule has 0 atom stereocenters. The van der Waals surface area contributed by atoms with E-state index in [1.165, 1.54) is 0 Å². The Bertz CT molecular complexity index is 135. The molecule has 0 spiro atoms. The van der Waals surface area contributed by atoms with E-state index < -0.39 is 11.9 Å². The zero-order chi connectivity index (χ0) is 8.57. The van der Waals surface area contributed by atoms with Crippen molar-refractivity contribution in [1.82, 2.24) is 0 Å². The second-order valence-electron chi connectivity index (χ2n) is 1.08. The van der Waals surface area contributed by atoms with Gasteiger partial charge in [-0.1, -0.05) is 13.2 Å². The maximum atomic E-state index is 9.25. The van der Waals surface area contributed by atoms with E-state index in [2.05, 4.69) is 13.2 Å². The molecular weight excluding hydrogens is 273 g/mol. The van der Waals surface area contributed by atoms with Gasteiger partial charge in [0.2, 0.25) is 0 Å². The molecule has 0 fully saturated rings. The van der Waals surface area contributed by atoms with Crippen molar-refractivity contribution in [2.45, 2.75) is 0 Å². The van der Waals surface area contributed by atoms with Gasteiger partial charge in [-0.15, -0.1) is 0 Å². The van der Waals surface area contributed by atoms with Crippen LogP contribution in [0, 0.1) is 0 Å². The van der Waals surface area contributed by atoms with Gasteiger partial charge in [-0.2, -0.15) is 0 Å². The third-order valence-corrected chi connectivity index (χ3v) is 0.349. The van der Waals surface area contributed by atoms with Crippen LogP contribution in [0.4, 0.5) is 0 Å². The minimum absolute atomic E-state index is 0. The van der Waals surface area contributed by atoms with Crippen molar-refractivity contribution < 1.29 is 19.8 Å². The smallest absolute Gasteiger partial charge is 0.327 e. The Kier molecular flexibility index (Phi) is 19.8. The van der Waals surface area contributed by atoms with E-state index in [-0.39, 0.29) is 48.9 Å². The summed E-state index contributed by atoms with van der Waals surface area (Å²) in [6, 6.07) is 0. The van der Waals surface area contributed by atoms with E-state index in [4.69, 9.17) is 10.2 Å². The van der Waals surface area contributed by atoms with Crippen LogP contribution < -0.4 is 0 Å². The van der Waals surface area contributed by atoms with Crippen LogP contribution in [0.2, 0.25) is 0 Å². The summed E-state index contributed by atoms with van der Waals surface area (Å²) in [6.07, 6.45) is 1.67. The van der Waals surface area contributed by atoms with Gasteiger partial charge in [-0.25, -0.2) is 9.59 Å². The molecule has 4 nitrogen and oxygen atoms in total. The van der Waals surface area contributed by atoms with Crippen LogP contribution in [0.3, 0.4) is 0 Å². The van der Waals surface area contributed by atoms with E-state index in [9.17, 15) is 9.59 Å². The van der Waals surface area contributed by atoms with Gasteiger partial charge in [0.25, 0.3) is 0 Å². The van der Waals surface area contributed by atoms with Crippen molar-refractivity contribution in [2.24, 2.45) is 0 Å². The first-order chi connectivity index (χ1) is 4.54. The van der Waals surface area contributed by atoms with Gasteiger partial charge in [0.1, 0.15) is 0 Å². The van der Waals surface area contributed by atoms with Gasteiger partial charge in [-0.3, -0.25) is 0 Å². The Morgan fingerprint density at radius 1 is 1.00 bits per heavy atom. The van der Waals surface area contributed by atoms with Crippen molar-refractivity contribution in [3.63, 3.8) is 0 Å². The quantitative estimate of drug-likeness (QED) is 0.557. The third-order valence-electron chi connectivity index (χ3n) is 0.349. The number of carboxylic acid groups (broad SMARTS) is 2. The molecule has 0 aromatic rings. The summed E-state index contributed by atoms with van der Waals surface area (Å²) in [7, 11) is 0. The van der Waals surface area contributed by atoms with Gasteiger partial charge in [0.05, 0.1) is 0 Å². The molecule has 58 valence electrons. The normalized spacial score (nSPS) is 5.82. The molecule has 0 amide bonds. The van der Waals surface area contributed by atoms with Crippen molar-refractivity contribution in [2.75, 3.05) is 0 Å². The fourth-order valence-corrected chi connectivity index (χ4v) is 0. The molecule has 2 radical (unpaired) electrons. The zero-order valence-electron chi connectivity index (χ0n) is 5.99. The molecule has 11 heavy (non-hydrogen) atoms. The Labute approximate surface area is 105 Å². The van der Waals surface area contributed by atoms with Gasteiger partial charge in [0.15, 0.2) is 0 Å². The molecule has 0 aromatic heterocycles. The van der Waals surface area contributed by atoms with Crippen LogP contribution in [0.5, 0.6) is 0 Å². The molecule has 0 aliphatic heterocycles. The van der Waals surface area contributed by atoms with E-state index in [1.807, 2.05) is 0 Å². The average Bonchev–Trinajstić information content (AvgIpc) is 1.89. The topological polar surface area (TPSA) is 74.6 Å². The van der Waals surface area contributed by atoms with Crippen LogP contribution in [-0.4, -0.2) is 71.0 Å². The molecule has 0 saturated heterocycles. The summed E-state index contributed by atoms with van der Waals surface area (Å²) in [5, 5.41) is 15.2. The second kappa shape index (κ2) is 12.6. The van der Waals surface area contributed by atoms with Crippen LogP contribution in [0.1, 0.15) is 0 Å². The molecular formula is C6H8BaO4. The Hall–Kier alpha value is -0.00857. The average molecular weight is 281 g/mol. The van der Waals surface area contributed by atoms with E-state index >= 15 is 0 Å². The largest absolute Gasteiger partial charge is 0.478 e. The molecule has 5 heteroatoms. The number of aliphatic carboxylic acids is 2. The molecule has 2 N–H and O–H groups in total. The Morgan fingerprint density at radius 3 is 1.09 bits per heavy atom. The van der Waals surface area contributed by atoms with Crippen LogP contribution in [-0.2, 0) is 9.59 Å². The van der Waals surface area contributed by atoms with Crippen LogP contribution in [0.15, 0.2) is 25.3 Å². The summed E-state index contributed by atoms with van der Waals surface area (Å²) in [5.74, 6) is -1.96. The summed E-state index contributed by atoms with van der Waals surface area (Å²) in [6.45, 7) is 5.92. The predicted octanol–water partition coefficient (Wildman–Crippen LogP) is 0.133. The SMILES string of the molecule is C=CC(=O)O.C=CC(=O)O.[Ba]. The molecule has 0 saturated carbocycles. The summed E-state index contributed by atoms with van der Waals surface area (Å²) >= 11 is 0. The standard InChI is InChI=1S/2C3H4O2.Ba/c2*1-2-3(4)5;/h2*2H,1H2,(H,4,5);. The molecule has 0 aliphatic rings. The fourth-order valence-electron chi connectivity index (χ4n) is 0. The third kappa shape index (κ3) is 40.1. The number of hydrogen-bond acceptors (Lipinski definition) is 2. The fraction of sp³-hybridized carbons (Fsp3) is 0. The first-order valence-corrected chi connectivity index (χ1v) is 2.25. The number of carbonyl (C=O) groups is 2. The van der Waals surface area contributed by atoms with Crippen molar-refractivity contribution in [1.29, 1.82) is 0 Å². The van der Waals surface area contributed by atoms with Gasteiger partial charge in [0, 0.05) is 61.0 Å². The van der Waals surface area contributed by atoms with Crippen LogP contribution >= 0.6 is 0 Å². The summed E-state index contributed by atoms with van der Waals surface area (Å²) in [4.78, 5) is 18.5. The molecule has 0 heterocycles. The van der Waals surface area contributed by atoms with E-state index in [0.717, 1.165) is 12.2 Å². The minimum atomic E-state index is -0.981. The van der Waals surface area contributed by atoms with Crippen molar-refractivity contribution in [3.05, 3.63) is 25.3 Å². The molecule has 0 bridgehead atoms. The number of carboxylic acids is 2. The first kappa shape index (κ1) is 17.2. The second-order valence-corrected chi connectivity index (χ2v) is 1.08. The first-order valence-electron chi connectivity index (χ1n) is 2.25. The van der Waals surface area contributed by atoms with Gasteiger partial charge in [-0.05, 0) is 0 Å². The van der Waals surface area contributed by atoms with E-state index in [0.29, 0.717) is 0 Å². The van der Waals surface area contributed by atoms with Crippen LogP contribution in [0.25, 0.3) is 0 Å². The van der Waals surface area contributed by atoms with Crippen molar-refractivity contribution in [3.8, 4) is 0 Å². The molecule has 0 rings (SSSR count). The molecule has 0 unspecified atom stereocenters. The molecule has 0 aliphatic carbocycles. The van der Waals surface area contributed by atoms with E-state index in [1.54, 1.807) is 0 Å². The van der Waals surface area contributed by atoms with Gasteiger partial charge >= 0.3 is 11.9 Å². The minimum Gasteiger partial charge on any atom is -0.478 e. The summed E-state index contributed by atoms with van der Waals surface area (Å²) in [5.41, 5.74) is 0. The zero-order valence-corrected chi connectivity index (χ0v) is 10.4. The monoisotopic (exact) mass is 282 g/mol. The maximum Gasteiger partial charge on any atom is 0.327 e.